The lowest BCUT2D eigenvalue weighted by molar-refractivity contribution is 0.169. The van der Waals surface area contributed by atoms with Crippen LogP contribution >= 0.6 is 11.5 Å². The van der Waals surface area contributed by atoms with Gasteiger partial charge < -0.3 is 5.73 Å². The van der Waals surface area contributed by atoms with Gasteiger partial charge in [0.1, 0.15) is 0 Å². The van der Waals surface area contributed by atoms with Gasteiger partial charge in [-0.3, -0.25) is 4.90 Å². The van der Waals surface area contributed by atoms with E-state index in [1.54, 1.807) is 0 Å². The number of hydrogen-bond acceptors (Lipinski definition) is 5. The molecule has 78 valence electrons. The topological polar surface area (TPSA) is 55.0 Å². The first-order valence-electron chi connectivity index (χ1n) is 5.07. The molecule has 1 aliphatic heterocycles. The molecule has 1 aromatic rings. The summed E-state index contributed by atoms with van der Waals surface area (Å²) in [5, 5.41) is 6.08. The molecule has 1 unspecified atom stereocenters. The zero-order chi connectivity index (χ0) is 9.80. The van der Waals surface area contributed by atoms with E-state index < -0.39 is 0 Å². The molecule has 1 saturated heterocycles. The highest BCUT2D eigenvalue weighted by atomic mass is 32.1. The van der Waals surface area contributed by atoms with Crippen LogP contribution in [0.4, 0.5) is 0 Å². The van der Waals surface area contributed by atoms with E-state index in [0.29, 0.717) is 5.92 Å². The van der Waals surface area contributed by atoms with Gasteiger partial charge in [0.15, 0.2) is 0 Å². The molecule has 0 saturated carbocycles. The Morgan fingerprint density at radius 2 is 2.57 bits per heavy atom. The molecule has 2 N–H and O–H groups in total. The van der Waals surface area contributed by atoms with Gasteiger partial charge in [-0.15, -0.1) is 5.10 Å². The fourth-order valence-corrected chi connectivity index (χ4v) is 2.41. The van der Waals surface area contributed by atoms with Crippen molar-refractivity contribution in [1.82, 2.24) is 14.5 Å². The smallest absolute Gasteiger partial charge is 0.0895 e. The second kappa shape index (κ2) is 4.82. The molecule has 0 aliphatic carbocycles. The molecule has 14 heavy (non-hydrogen) atoms. The van der Waals surface area contributed by atoms with Crippen LogP contribution < -0.4 is 5.73 Å². The van der Waals surface area contributed by atoms with Crippen LogP contribution in [-0.2, 0) is 6.54 Å². The van der Waals surface area contributed by atoms with Crippen LogP contribution in [0, 0.1) is 5.92 Å². The monoisotopic (exact) mass is 212 g/mol. The van der Waals surface area contributed by atoms with Crippen LogP contribution in [0.1, 0.15) is 18.5 Å². The van der Waals surface area contributed by atoms with E-state index in [9.17, 15) is 0 Å². The summed E-state index contributed by atoms with van der Waals surface area (Å²) in [6.07, 6.45) is 2.54. The van der Waals surface area contributed by atoms with Crippen LogP contribution in [0.25, 0.3) is 0 Å². The molecule has 0 bridgehead atoms. The molecule has 2 rings (SSSR count). The van der Waals surface area contributed by atoms with E-state index in [1.165, 1.54) is 30.9 Å². The minimum Gasteiger partial charge on any atom is -0.330 e. The lowest BCUT2D eigenvalue weighted by Crippen LogP contribution is -2.37. The van der Waals surface area contributed by atoms with Crippen molar-refractivity contribution < 1.29 is 0 Å². The van der Waals surface area contributed by atoms with Crippen LogP contribution in [0.3, 0.4) is 0 Å². The Kier molecular flexibility index (Phi) is 3.44. The quantitative estimate of drug-likeness (QED) is 0.801. The SMILES string of the molecule is NCC1CCCN(Cc2csnn2)C1. The fraction of sp³-hybridized carbons (Fsp3) is 0.778. The molecule has 1 fully saturated rings. The molecule has 4 nitrogen and oxygen atoms in total. The van der Waals surface area contributed by atoms with Gasteiger partial charge in [0.2, 0.25) is 0 Å². The maximum atomic E-state index is 5.69. The molecule has 1 atom stereocenters. The van der Waals surface area contributed by atoms with Crippen molar-refractivity contribution >= 4 is 11.5 Å². The van der Waals surface area contributed by atoms with Crippen molar-refractivity contribution in [2.45, 2.75) is 19.4 Å². The lowest BCUT2D eigenvalue weighted by atomic mass is 9.98. The molecule has 0 radical (unpaired) electrons. The standard InChI is InChI=1S/C9H16N4S/c10-4-8-2-1-3-13(5-8)6-9-7-14-12-11-9/h7-8H,1-6,10H2. The normalized spacial score (nSPS) is 23.9. The Morgan fingerprint density at radius 1 is 1.64 bits per heavy atom. The lowest BCUT2D eigenvalue weighted by Gasteiger charge is -2.31. The van der Waals surface area contributed by atoms with E-state index in [4.69, 9.17) is 5.73 Å². The molecule has 5 heteroatoms. The molecule has 0 aromatic carbocycles. The summed E-state index contributed by atoms with van der Waals surface area (Å²) in [5.41, 5.74) is 6.78. The number of likely N-dealkylation sites (tertiary alicyclic amines) is 1. The van der Waals surface area contributed by atoms with Gasteiger partial charge in [0.25, 0.3) is 0 Å². The summed E-state index contributed by atoms with van der Waals surface area (Å²) in [6, 6.07) is 0. The minimum absolute atomic E-state index is 0.676. The summed E-state index contributed by atoms with van der Waals surface area (Å²) >= 11 is 1.42. The predicted octanol–water partition coefficient (Wildman–Crippen LogP) is 0.709. The number of rotatable bonds is 3. The van der Waals surface area contributed by atoms with Gasteiger partial charge in [-0.2, -0.15) is 0 Å². The maximum Gasteiger partial charge on any atom is 0.0895 e. The Hall–Kier alpha value is -0.520. The highest BCUT2D eigenvalue weighted by molar-refractivity contribution is 7.03. The number of hydrogen-bond donors (Lipinski definition) is 1. The van der Waals surface area contributed by atoms with E-state index in [-0.39, 0.29) is 0 Å². The second-order valence-corrected chi connectivity index (χ2v) is 4.49. The molecular weight excluding hydrogens is 196 g/mol. The first kappa shape index (κ1) is 10.0. The van der Waals surface area contributed by atoms with Gasteiger partial charge in [0, 0.05) is 18.5 Å². The second-order valence-electron chi connectivity index (χ2n) is 3.88. The van der Waals surface area contributed by atoms with E-state index in [0.717, 1.165) is 25.3 Å². The summed E-state index contributed by atoms with van der Waals surface area (Å²) in [6.45, 7) is 4.04. The van der Waals surface area contributed by atoms with E-state index >= 15 is 0 Å². The number of piperidine rings is 1. The zero-order valence-electron chi connectivity index (χ0n) is 8.22. The number of nitrogens with zero attached hydrogens (tertiary/aromatic N) is 3. The average molecular weight is 212 g/mol. The predicted molar refractivity (Wildman–Crippen MR) is 57.0 cm³/mol. The van der Waals surface area contributed by atoms with Crippen molar-refractivity contribution in [3.63, 3.8) is 0 Å². The summed E-state index contributed by atoms with van der Waals surface area (Å²) in [4.78, 5) is 2.43. The van der Waals surface area contributed by atoms with E-state index in [2.05, 4.69) is 14.5 Å². The Morgan fingerprint density at radius 3 is 3.29 bits per heavy atom. The average Bonchev–Trinajstić information content (AvgIpc) is 2.71. The number of aromatic nitrogens is 2. The highest BCUT2D eigenvalue weighted by Gasteiger charge is 2.19. The molecule has 0 spiro atoms. The van der Waals surface area contributed by atoms with Gasteiger partial charge in [-0.1, -0.05) is 4.49 Å². The van der Waals surface area contributed by atoms with Gasteiger partial charge in [-0.25, -0.2) is 0 Å². The largest absolute Gasteiger partial charge is 0.330 e. The summed E-state index contributed by atoms with van der Waals surface area (Å²) < 4.78 is 3.87. The Labute approximate surface area is 88.3 Å². The third-order valence-electron chi connectivity index (χ3n) is 2.73. The molecule has 1 aliphatic rings. The Bertz CT molecular complexity index is 262. The molecule has 1 aromatic heterocycles. The van der Waals surface area contributed by atoms with Gasteiger partial charge in [-0.05, 0) is 43.4 Å². The van der Waals surface area contributed by atoms with Crippen molar-refractivity contribution in [3.05, 3.63) is 11.1 Å². The van der Waals surface area contributed by atoms with Crippen molar-refractivity contribution in [2.75, 3.05) is 19.6 Å². The molecular formula is C9H16N4S. The van der Waals surface area contributed by atoms with Gasteiger partial charge in [0.05, 0.1) is 5.69 Å². The first-order chi connectivity index (χ1) is 6.88. The van der Waals surface area contributed by atoms with Crippen LogP contribution in [0.2, 0.25) is 0 Å². The van der Waals surface area contributed by atoms with Crippen LogP contribution in [0.15, 0.2) is 5.38 Å². The summed E-state index contributed by atoms with van der Waals surface area (Å²) in [5.74, 6) is 0.676. The number of nitrogens with two attached hydrogens (primary N) is 1. The fourth-order valence-electron chi connectivity index (χ4n) is 1.97. The third-order valence-corrected chi connectivity index (χ3v) is 3.28. The Balaban J connectivity index is 1.86. The van der Waals surface area contributed by atoms with E-state index in [1.807, 2.05) is 5.38 Å². The molecule has 2 heterocycles. The van der Waals surface area contributed by atoms with Crippen LogP contribution in [-0.4, -0.2) is 34.1 Å². The molecule has 0 amide bonds. The van der Waals surface area contributed by atoms with Crippen molar-refractivity contribution in [3.8, 4) is 0 Å². The minimum atomic E-state index is 0.676. The van der Waals surface area contributed by atoms with Gasteiger partial charge >= 0.3 is 0 Å². The van der Waals surface area contributed by atoms with Crippen molar-refractivity contribution in [1.29, 1.82) is 0 Å². The first-order valence-corrected chi connectivity index (χ1v) is 5.90. The summed E-state index contributed by atoms with van der Waals surface area (Å²) in [7, 11) is 0. The van der Waals surface area contributed by atoms with Crippen LogP contribution in [0.5, 0.6) is 0 Å². The maximum absolute atomic E-state index is 5.69. The third kappa shape index (κ3) is 2.50. The zero-order valence-corrected chi connectivity index (χ0v) is 9.04. The van der Waals surface area contributed by atoms with Crippen molar-refractivity contribution in [2.24, 2.45) is 11.7 Å². The highest BCUT2D eigenvalue weighted by Crippen LogP contribution is 2.16.